The predicted molar refractivity (Wildman–Crippen MR) is 104 cm³/mol. The van der Waals surface area contributed by atoms with Crippen LogP contribution in [-0.4, -0.2) is 46.4 Å². The number of rotatable bonds is 5. The molecule has 1 aliphatic rings. The molecule has 1 atom stereocenters. The highest BCUT2D eigenvalue weighted by atomic mass is 16.5. The molecule has 4 heterocycles. The van der Waals surface area contributed by atoms with E-state index in [0.29, 0.717) is 23.0 Å². The third kappa shape index (κ3) is 3.29. The Morgan fingerprint density at radius 1 is 1.44 bits per heavy atom. The fourth-order valence-corrected chi connectivity index (χ4v) is 3.27. The summed E-state index contributed by atoms with van der Waals surface area (Å²) in [5.74, 6) is 6.84. The molecule has 0 bridgehead atoms. The van der Waals surface area contributed by atoms with E-state index in [0.717, 1.165) is 36.7 Å². The topological polar surface area (TPSA) is 125 Å². The van der Waals surface area contributed by atoms with Crippen LogP contribution in [0.1, 0.15) is 12.0 Å². The maximum Gasteiger partial charge on any atom is 0.144 e. The predicted octanol–water partition coefficient (Wildman–Crippen LogP) is 0.967. The van der Waals surface area contributed by atoms with Gasteiger partial charge in [0.15, 0.2) is 0 Å². The van der Waals surface area contributed by atoms with Crippen LogP contribution in [0, 0.1) is 5.41 Å². The first-order chi connectivity index (χ1) is 13.2. The van der Waals surface area contributed by atoms with Gasteiger partial charge in [-0.05, 0) is 25.1 Å². The van der Waals surface area contributed by atoms with Crippen LogP contribution in [-0.2, 0) is 0 Å². The van der Waals surface area contributed by atoms with Gasteiger partial charge in [-0.3, -0.25) is 9.81 Å². The molecule has 140 valence electrons. The van der Waals surface area contributed by atoms with Crippen molar-refractivity contribution in [3.8, 4) is 17.1 Å². The molecule has 6 N–H and O–H groups in total. The number of hydrazine groups is 1. The minimum atomic E-state index is 0.0607. The molecule has 0 aliphatic carbocycles. The summed E-state index contributed by atoms with van der Waals surface area (Å²) in [6.45, 7) is 1.97. The Morgan fingerprint density at radius 2 is 2.33 bits per heavy atom. The molecule has 1 aliphatic heterocycles. The molecular formula is C18H22N8O. The van der Waals surface area contributed by atoms with Crippen molar-refractivity contribution in [3.63, 3.8) is 0 Å². The minimum Gasteiger partial charge on any atom is -0.496 e. The number of nitrogens with one attached hydrogen (secondary N) is 4. The van der Waals surface area contributed by atoms with Crippen LogP contribution in [0.4, 0.5) is 5.82 Å². The summed E-state index contributed by atoms with van der Waals surface area (Å²) in [7, 11) is 1.55. The second kappa shape index (κ2) is 7.22. The van der Waals surface area contributed by atoms with Gasteiger partial charge in [-0.25, -0.2) is 15.8 Å². The summed E-state index contributed by atoms with van der Waals surface area (Å²) in [4.78, 5) is 9.19. The van der Waals surface area contributed by atoms with Crippen LogP contribution in [0.3, 0.4) is 0 Å². The van der Waals surface area contributed by atoms with Gasteiger partial charge in [0.1, 0.15) is 23.1 Å². The Kier molecular flexibility index (Phi) is 4.61. The fourth-order valence-electron chi connectivity index (χ4n) is 3.27. The quantitative estimate of drug-likeness (QED) is 0.197. The van der Waals surface area contributed by atoms with Crippen LogP contribution >= 0.6 is 0 Å². The van der Waals surface area contributed by atoms with Gasteiger partial charge in [-0.2, -0.15) is 0 Å². The molecule has 9 nitrogen and oxygen atoms in total. The molecule has 0 radical (unpaired) electrons. The van der Waals surface area contributed by atoms with E-state index in [2.05, 4.69) is 21.0 Å². The third-order valence-corrected chi connectivity index (χ3v) is 4.67. The molecule has 0 aromatic carbocycles. The van der Waals surface area contributed by atoms with Crippen molar-refractivity contribution in [3.05, 3.63) is 42.2 Å². The van der Waals surface area contributed by atoms with E-state index in [9.17, 15) is 0 Å². The average Bonchev–Trinajstić information content (AvgIpc) is 3.35. The first-order valence-corrected chi connectivity index (χ1v) is 8.75. The summed E-state index contributed by atoms with van der Waals surface area (Å²) in [5, 5.41) is 14.8. The molecular weight excluding hydrogens is 344 g/mol. The molecule has 1 unspecified atom stereocenters. The number of amidine groups is 1. The smallest absolute Gasteiger partial charge is 0.144 e. The van der Waals surface area contributed by atoms with Gasteiger partial charge >= 0.3 is 0 Å². The lowest BCUT2D eigenvalue weighted by atomic mass is 10.2. The van der Waals surface area contributed by atoms with E-state index < -0.39 is 0 Å². The Morgan fingerprint density at radius 3 is 3.07 bits per heavy atom. The maximum atomic E-state index is 8.00. The van der Waals surface area contributed by atoms with Gasteiger partial charge in [0.25, 0.3) is 0 Å². The minimum absolute atomic E-state index is 0.0607. The van der Waals surface area contributed by atoms with Crippen molar-refractivity contribution in [1.29, 1.82) is 5.41 Å². The van der Waals surface area contributed by atoms with Crippen LogP contribution in [0.15, 0.2) is 36.7 Å². The zero-order valence-electron chi connectivity index (χ0n) is 15.0. The highest BCUT2D eigenvalue weighted by Crippen LogP contribution is 2.26. The SMILES string of the molecule is COc1cc2ncc(-c3cccc(NC4CCNC4)n3)n2cc1C(=N)NN. The van der Waals surface area contributed by atoms with Crippen molar-refractivity contribution >= 4 is 17.3 Å². The zero-order chi connectivity index (χ0) is 18.8. The molecule has 0 saturated carbocycles. The maximum absolute atomic E-state index is 8.00. The van der Waals surface area contributed by atoms with E-state index in [-0.39, 0.29) is 5.84 Å². The Labute approximate surface area is 156 Å². The van der Waals surface area contributed by atoms with Gasteiger partial charge in [0, 0.05) is 24.8 Å². The van der Waals surface area contributed by atoms with E-state index >= 15 is 0 Å². The van der Waals surface area contributed by atoms with Crippen LogP contribution in [0.25, 0.3) is 17.0 Å². The normalized spacial score (nSPS) is 16.4. The van der Waals surface area contributed by atoms with Crippen molar-refractivity contribution < 1.29 is 4.74 Å². The van der Waals surface area contributed by atoms with Crippen molar-refractivity contribution in [2.45, 2.75) is 12.5 Å². The monoisotopic (exact) mass is 366 g/mol. The van der Waals surface area contributed by atoms with Crippen molar-refractivity contribution in [2.75, 3.05) is 25.5 Å². The number of methoxy groups -OCH3 is 1. The molecule has 1 fully saturated rings. The first-order valence-electron chi connectivity index (χ1n) is 8.75. The van der Waals surface area contributed by atoms with E-state index in [4.69, 9.17) is 21.0 Å². The van der Waals surface area contributed by atoms with Gasteiger partial charge in [0.2, 0.25) is 0 Å². The molecule has 3 aromatic rings. The molecule has 4 rings (SSSR count). The number of fused-ring (bicyclic) bond motifs is 1. The first kappa shape index (κ1) is 17.3. The number of nitrogens with zero attached hydrogens (tertiary/aromatic N) is 3. The number of aromatic nitrogens is 3. The summed E-state index contributed by atoms with van der Waals surface area (Å²) >= 11 is 0. The van der Waals surface area contributed by atoms with Crippen LogP contribution in [0.5, 0.6) is 5.75 Å². The molecule has 27 heavy (non-hydrogen) atoms. The van der Waals surface area contributed by atoms with Gasteiger partial charge in [-0.15, -0.1) is 0 Å². The van der Waals surface area contributed by atoms with Crippen LogP contribution < -0.4 is 26.6 Å². The second-order valence-corrected chi connectivity index (χ2v) is 6.39. The molecule has 0 amide bonds. The summed E-state index contributed by atoms with van der Waals surface area (Å²) in [6.07, 6.45) is 4.63. The molecule has 1 saturated heterocycles. The van der Waals surface area contributed by atoms with Gasteiger partial charge < -0.3 is 20.8 Å². The second-order valence-electron chi connectivity index (χ2n) is 6.39. The van der Waals surface area contributed by atoms with Gasteiger partial charge in [-0.1, -0.05) is 6.07 Å². The summed E-state index contributed by atoms with van der Waals surface area (Å²) in [5.41, 5.74) is 5.22. The number of hydrogen-bond donors (Lipinski definition) is 5. The standard InChI is InChI=1S/C18H22N8O/c1-27-15-7-17-22-9-14(26(17)10-12(15)18(19)25-20)13-3-2-4-16(24-13)23-11-5-6-21-8-11/h2-4,7,9-11,21H,5-6,8,20H2,1H3,(H2,19,25)(H,23,24). The van der Waals surface area contributed by atoms with E-state index in [1.54, 1.807) is 25.6 Å². The van der Waals surface area contributed by atoms with E-state index in [1.807, 2.05) is 22.6 Å². The number of pyridine rings is 2. The number of imidazole rings is 1. The lowest BCUT2D eigenvalue weighted by molar-refractivity contribution is 0.413. The summed E-state index contributed by atoms with van der Waals surface area (Å²) < 4.78 is 7.25. The Hall–Kier alpha value is -3.17. The van der Waals surface area contributed by atoms with Crippen LogP contribution in [0.2, 0.25) is 0 Å². The number of hydrogen-bond acceptors (Lipinski definition) is 7. The molecule has 0 spiro atoms. The number of nitrogens with two attached hydrogens (primary N) is 1. The van der Waals surface area contributed by atoms with Gasteiger partial charge in [0.05, 0.1) is 30.3 Å². The Bertz CT molecular complexity index is 977. The third-order valence-electron chi connectivity index (χ3n) is 4.67. The van der Waals surface area contributed by atoms with Crippen molar-refractivity contribution in [1.82, 2.24) is 25.1 Å². The number of anilines is 1. The lowest BCUT2D eigenvalue weighted by Gasteiger charge is -2.13. The summed E-state index contributed by atoms with van der Waals surface area (Å²) in [6, 6.07) is 8.05. The average molecular weight is 366 g/mol. The molecule has 9 heteroatoms. The fraction of sp³-hybridized carbons (Fsp3) is 0.278. The Balaban J connectivity index is 1.74. The number of ether oxygens (including phenoxy) is 1. The highest BCUT2D eigenvalue weighted by molar-refractivity contribution is 5.98. The molecule has 3 aromatic heterocycles. The zero-order valence-corrected chi connectivity index (χ0v) is 15.0. The van der Waals surface area contributed by atoms with E-state index in [1.165, 1.54) is 0 Å². The van der Waals surface area contributed by atoms with Crippen molar-refractivity contribution in [2.24, 2.45) is 5.84 Å². The highest BCUT2D eigenvalue weighted by Gasteiger charge is 2.17. The lowest BCUT2D eigenvalue weighted by Crippen LogP contribution is -2.30. The largest absolute Gasteiger partial charge is 0.496 e.